The number of anilines is 1. The Morgan fingerprint density at radius 3 is 2.56 bits per heavy atom. The largest absolute Gasteiger partial charge is 0.382 e. The van der Waals surface area contributed by atoms with Gasteiger partial charge in [0, 0.05) is 21.8 Å². The zero-order valence-electron chi connectivity index (χ0n) is 18.4. The minimum absolute atomic E-state index is 0.000533. The number of nitrogens with zero attached hydrogens (tertiary/aromatic N) is 2. The predicted molar refractivity (Wildman–Crippen MR) is 137 cm³/mol. The lowest BCUT2D eigenvalue weighted by Crippen LogP contribution is -2.29. The van der Waals surface area contributed by atoms with E-state index in [1.807, 2.05) is 24.3 Å². The average Bonchev–Trinajstić information content (AvgIpc) is 3.50. The number of oxime groups is 1. The number of carbonyl (C=O) groups is 2. The second-order valence-electron chi connectivity index (χ2n) is 7.95. The predicted octanol–water partition coefficient (Wildman–Crippen LogP) is 5.89. The van der Waals surface area contributed by atoms with Crippen molar-refractivity contribution in [3.8, 4) is 11.1 Å². The van der Waals surface area contributed by atoms with Crippen molar-refractivity contribution in [2.24, 2.45) is 10.9 Å². The van der Waals surface area contributed by atoms with Crippen LogP contribution in [0.25, 0.3) is 21.3 Å². The number of pyridine rings is 1. The Kier molecular flexibility index (Phi) is 6.50. The molecule has 1 aliphatic heterocycles. The van der Waals surface area contributed by atoms with Crippen LogP contribution in [0.3, 0.4) is 0 Å². The number of hydrogen-bond donors (Lipinski definition) is 2. The van der Waals surface area contributed by atoms with Gasteiger partial charge in [0.1, 0.15) is 15.4 Å². The smallest absolute Gasteiger partial charge is 0.280 e. The van der Waals surface area contributed by atoms with Crippen LogP contribution in [0.2, 0.25) is 0 Å². The lowest BCUT2D eigenvalue weighted by molar-refractivity contribution is -0.125. The zero-order chi connectivity index (χ0) is 25.4. The molecule has 3 N–H and O–H groups in total. The van der Waals surface area contributed by atoms with E-state index in [0.717, 1.165) is 21.4 Å². The van der Waals surface area contributed by atoms with Gasteiger partial charge < -0.3 is 15.9 Å². The molecular formula is C25H17BrF2N4O3S. The highest BCUT2D eigenvalue weighted by molar-refractivity contribution is 9.10. The van der Waals surface area contributed by atoms with Gasteiger partial charge in [-0.3, -0.25) is 9.59 Å². The second-order valence-corrected chi connectivity index (χ2v) is 9.86. The molecule has 2 aromatic heterocycles. The summed E-state index contributed by atoms with van der Waals surface area (Å²) in [4.78, 5) is 35.1. The Balaban J connectivity index is 1.53. The Labute approximate surface area is 216 Å². The highest BCUT2D eigenvalue weighted by Gasteiger charge is 2.32. The fourth-order valence-corrected chi connectivity index (χ4v) is 5.34. The van der Waals surface area contributed by atoms with Gasteiger partial charge in [0.15, 0.2) is 0 Å². The number of alkyl halides is 2. The number of carbonyl (C=O) groups excluding carboxylic acids is 2. The van der Waals surface area contributed by atoms with Gasteiger partial charge in [-0.15, -0.1) is 11.3 Å². The van der Waals surface area contributed by atoms with Gasteiger partial charge in [0.2, 0.25) is 6.10 Å². The van der Waals surface area contributed by atoms with Crippen LogP contribution < -0.4 is 11.1 Å². The van der Waals surface area contributed by atoms with Gasteiger partial charge in [-0.05, 0) is 29.3 Å². The quantitative estimate of drug-likeness (QED) is 0.301. The van der Waals surface area contributed by atoms with E-state index in [1.54, 1.807) is 30.3 Å². The number of thiophene rings is 1. The molecule has 0 saturated carbocycles. The van der Waals surface area contributed by atoms with Crippen LogP contribution in [0.1, 0.15) is 33.8 Å². The van der Waals surface area contributed by atoms with E-state index in [-0.39, 0.29) is 21.8 Å². The minimum atomic E-state index is -2.82. The molecule has 182 valence electrons. The van der Waals surface area contributed by atoms with Crippen molar-refractivity contribution in [2.45, 2.75) is 19.0 Å². The molecular weight excluding hydrogens is 554 g/mol. The van der Waals surface area contributed by atoms with E-state index in [4.69, 9.17) is 10.6 Å². The first kappa shape index (κ1) is 24.0. The van der Waals surface area contributed by atoms with Crippen LogP contribution in [-0.2, 0) is 9.63 Å². The third-order valence-electron chi connectivity index (χ3n) is 5.58. The summed E-state index contributed by atoms with van der Waals surface area (Å²) >= 11 is 4.25. The molecule has 7 nitrogen and oxygen atoms in total. The van der Waals surface area contributed by atoms with Crippen molar-refractivity contribution in [1.29, 1.82) is 0 Å². The number of fused-ring (bicyclic) bond motifs is 1. The topological polar surface area (TPSA) is 107 Å². The van der Waals surface area contributed by atoms with Gasteiger partial charge in [-0.2, -0.15) is 0 Å². The van der Waals surface area contributed by atoms with E-state index < -0.39 is 30.0 Å². The molecule has 1 aliphatic rings. The van der Waals surface area contributed by atoms with E-state index in [0.29, 0.717) is 22.2 Å². The summed E-state index contributed by atoms with van der Waals surface area (Å²) in [5.41, 5.74) is 7.67. The number of primary amides is 1. The molecule has 0 radical (unpaired) electrons. The molecule has 0 fully saturated rings. The summed E-state index contributed by atoms with van der Waals surface area (Å²) in [6.07, 6.45) is -3.58. The third kappa shape index (κ3) is 4.59. The fraction of sp³-hybridized carbons (Fsp3) is 0.120. The standard InChI is InChI=1S/C25H17BrF2N4O3S/c26-14-8-4-7-13(9-14)16-11-18(35-32-16)24(34)31-20-19-15(12-5-2-1-3-6-12)10-17(22(27)28)30-25(19)36-21(20)23(29)33/h1-10,18,22H,11H2,(H2,29,33)(H,31,34). The highest BCUT2D eigenvalue weighted by atomic mass is 79.9. The van der Waals surface area contributed by atoms with Gasteiger partial charge >= 0.3 is 0 Å². The normalized spacial score (nSPS) is 15.1. The molecule has 2 amide bonds. The summed E-state index contributed by atoms with van der Waals surface area (Å²) in [6.45, 7) is 0. The first-order valence-electron chi connectivity index (χ1n) is 10.7. The van der Waals surface area contributed by atoms with Gasteiger partial charge in [0.25, 0.3) is 18.2 Å². The van der Waals surface area contributed by atoms with Crippen LogP contribution >= 0.6 is 27.3 Å². The first-order valence-corrected chi connectivity index (χ1v) is 12.3. The monoisotopic (exact) mass is 570 g/mol. The third-order valence-corrected chi connectivity index (χ3v) is 7.17. The van der Waals surface area contributed by atoms with Crippen LogP contribution in [0.4, 0.5) is 14.5 Å². The average molecular weight is 571 g/mol. The molecule has 0 aliphatic carbocycles. The van der Waals surface area contributed by atoms with Gasteiger partial charge in [0.05, 0.1) is 11.4 Å². The Bertz CT molecular complexity index is 1520. The van der Waals surface area contributed by atoms with Crippen LogP contribution in [0.5, 0.6) is 0 Å². The number of nitrogens with two attached hydrogens (primary N) is 1. The second kappa shape index (κ2) is 9.75. The van der Waals surface area contributed by atoms with E-state index in [1.165, 1.54) is 6.07 Å². The van der Waals surface area contributed by atoms with Crippen molar-refractivity contribution in [1.82, 2.24) is 4.98 Å². The Hall–Kier alpha value is -3.70. The zero-order valence-corrected chi connectivity index (χ0v) is 20.8. The summed E-state index contributed by atoms with van der Waals surface area (Å²) in [5.74, 6) is -1.37. The number of rotatable bonds is 6. The first-order chi connectivity index (χ1) is 17.3. The lowest BCUT2D eigenvalue weighted by Gasteiger charge is -2.13. The highest BCUT2D eigenvalue weighted by Crippen LogP contribution is 2.42. The van der Waals surface area contributed by atoms with Crippen LogP contribution in [-0.4, -0.2) is 28.6 Å². The van der Waals surface area contributed by atoms with Gasteiger partial charge in [-0.1, -0.05) is 63.6 Å². The molecule has 11 heteroatoms. The molecule has 1 atom stereocenters. The Morgan fingerprint density at radius 2 is 1.86 bits per heavy atom. The van der Waals surface area contributed by atoms with E-state index in [9.17, 15) is 18.4 Å². The van der Waals surface area contributed by atoms with Crippen molar-refractivity contribution < 1.29 is 23.2 Å². The van der Waals surface area contributed by atoms with Crippen LogP contribution in [0, 0.1) is 0 Å². The number of benzene rings is 2. The lowest BCUT2D eigenvalue weighted by atomic mass is 10.0. The summed E-state index contributed by atoms with van der Waals surface area (Å²) in [5, 5.41) is 7.13. The van der Waals surface area contributed by atoms with Crippen molar-refractivity contribution in [3.63, 3.8) is 0 Å². The van der Waals surface area contributed by atoms with E-state index in [2.05, 4.69) is 31.4 Å². The summed E-state index contributed by atoms with van der Waals surface area (Å²) < 4.78 is 28.1. The maximum atomic E-state index is 13.6. The maximum Gasteiger partial charge on any atom is 0.280 e. The molecule has 3 heterocycles. The minimum Gasteiger partial charge on any atom is -0.382 e. The van der Waals surface area contributed by atoms with Crippen molar-refractivity contribution in [3.05, 3.63) is 81.3 Å². The number of aromatic nitrogens is 1. The molecule has 0 spiro atoms. The van der Waals surface area contributed by atoms with E-state index >= 15 is 0 Å². The SMILES string of the molecule is NC(=O)c1sc2nc(C(F)F)cc(-c3ccccc3)c2c1NC(=O)C1CC(c2cccc(Br)c2)=NO1. The van der Waals surface area contributed by atoms with Crippen molar-refractivity contribution >= 4 is 60.7 Å². The fourth-order valence-electron chi connectivity index (χ4n) is 3.93. The molecule has 36 heavy (non-hydrogen) atoms. The number of halogens is 3. The Morgan fingerprint density at radius 1 is 1.11 bits per heavy atom. The molecule has 4 aromatic rings. The number of nitrogens with one attached hydrogen (secondary N) is 1. The molecule has 0 bridgehead atoms. The summed E-state index contributed by atoms with van der Waals surface area (Å²) in [7, 11) is 0. The number of hydrogen-bond acceptors (Lipinski definition) is 6. The molecule has 0 saturated heterocycles. The summed E-state index contributed by atoms with van der Waals surface area (Å²) in [6, 6.07) is 17.5. The molecule has 1 unspecified atom stereocenters. The molecule has 5 rings (SSSR count). The van der Waals surface area contributed by atoms with Crippen LogP contribution in [0.15, 0.2) is 70.3 Å². The number of amides is 2. The molecule has 2 aromatic carbocycles. The van der Waals surface area contributed by atoms with Gasteiger partial charge in [-0.25, -0.2) is 13.8 Å². The maximum absolute atomic E-state index is 13.6. The van der Waals surface area contributed by atoms with Crippen molar-refractivity contribution in [2.75, 3.05) is 5.32 Å².